The van der Waals surface area contributed by atoms with E-state index in [-0.39, 0.29) is 18.4 Å². The number of ether oxygens (including phenoxy) is 1. The summed E-state index contributed by atoms with van der Waals surface area (Å²) in [5.41, 5.74) is 0.660. The lowest BCUT2D eigenvalue weighted by Gasteiger charge is -2.27. The van der Waals surface area contributed by atoms with Crippen LogP contribution < -0.4 is 4.74 Å². The van der Waals surface area contributed by atoms with Crippen LogP contribution in [0.5, 0.6) is 5.88 Å². The highest BCUT2D eigenvalue weighted by Crippen LogP contribution is 2.28. The number of nitro groups is 1. The van der Waals surface area contributed by atoms with Crippen LogP contribution in [0.1, 0.15) is 31.2 Å². The largest absolute Gasteiger partial charge is 0.474 e. The second-order valence-electron chi connectivity index (χ2n) is 5.02. The van der Waals surface area contributed by atoms with Crippen molar-refractivity contribution >= 4 is 5.69 Å². The van der Waals surface area contributed by atoms with Gasteiger partial charge >= 0.3 is 0 Å². The first-order chi connectivity index (χ1) is 9.10. The monoisotopic (exact) mass is 266 g/mol. The summed E-state index contributed by atoms with van der Waals surface area (Å²) in [5, 5.41) is 19.7. The molecule has 0 amide bonds. The summed E-state index contributed by atoms with van der Waals surface area (Å²) in [6.07, 6.45) is 5.00. The van der Waals surface area contributed by atoms with Crippen LogP contribution in [-0.2, 0) is 0 Å². The fourth-order valence-electron chi connectivity index (χ4n) is 2.36. The maximum atomic E-state index is 10.6. The molecule has 0 radical (unpaired) electrons. The Kier molecular flexibility index (Phi) is 4.31. The van der Waals surface area contributed by atoms with Crippen molar-refractivity contribution in [2.75, 3.05) is 6.61 Å². The van der Waals surface area contributed by atoms with Crippen molar-refractivity contribution in [3.8, 4) is 5.88 Å². The molecule has 0 spiro atoms. The van der Waals surface area contributed by atoms with Gasteiger partial charge in [0.15, 0.2) is 0 Å². The first kappa shape index (κ1) is 13.7. The van der Waals surface area contributed by atoms with Crippen molar-refractivity contribution in [1.29, 1.82) is 0 Å². The number of aryl methyl sites for hydroxylation is 1. The third kappa shape index (κ3) is 3.41. The number of hydrogen-bond acceptors (Lipinski definition) is 5. The van der Waals surface area contributed by atoms with Crippen molar-refractivity contribution in [2.24, 2.45) is 5.92 Å². The number of aliphatic hydroxyl groups is 1. The van der Waals surface area contributed by atoms with E-state index in [1.165, 1.54) is 12.3 Å². The molecule has 0 aliphatic heterocycles. The van der Waals surface area contributed by atoms with E-state index in [0.29, 0.717) is 17.4 Å². The Hall–Kier alpha value is -1.69. The molecule has 6 nitrogen and oxygen atoms in total. The Bertz CT molecular complexity index is 456. The molecule has 1 aliphatic rings. The van der Waals surface area contributed by atoms with E-state index in [1.807, 2.05) is 0 Å². The van der Waals surface area contributed by atoms with Crippen molar-refractivity contribution in [1.82, 2.24) is 4.98 Å². The fourth-order valence-corrected chi connectivity index (χ4v) is 2.36. The smallest absolute Gasteiger partial charge is 0.288 e. The molecule has 1 heterocycles. The quantitative estimate of drug-likeness (QED) is 0.667. The zero-order valence-corrected chi connectivity index (χ0v) is 10.9. The van der Waals surface area contributed by atoms with Crippen LogP contribution >= 0.6 is 0 Å². The predicted octanol–water partition coefficient (Wildman–Crippen LogP) is 2.23. The van der Waals surface area contributed by atoms with Gasteiger partial charge in [0.1, 0.15) is 12.3 Å². The average molecular weight is 266 g/mol. The van der Waals surface area contributed by atoms with Gasteiger partial charge in [-0.2, -0.15) is 0 Å². The van der Waals surface area contributed by atoms with Crippen molar-refractivity contribution < 1.29 is 14.8 Å². The number of nitrogens with zero attached hydrogens (tertiary/aromatic N) is 2. The number of rotatable bonds is 4. The molecule has 0 unspecified atom stereocenters. The predicted molar refractivity (Wildman–Crippen MR) is 69.1 cm³/mol. The van der Waals surface area contributed by atoms with Crippen LogP contribution in [0, 0.1) is 23.0 Å². The standard InChI is InChI=1S/C13H18N2O4/c1-9-6-11(15(17)18)7-14-13(9)19-12-4-2-10(8-16)3-5-12/h6-7,10,12,16H,2-5,8H2,1H3. The van der Waals surface area contributed by atoms with Gasteiger partial charge in [-0.15, -0.1) is 0 Å². The number of pyridine rings is 1. The molecule has 19 heavy (non-hydrogen) atoms. The van der Waals surface area contributed by atoms with Crippen molar-refractivity contribution in [2.45, 2.75) is 38.7 Å². The van der Waals surface area contributed by atoms with E-state index in [4.69, 9.17) is 9.84 Å². The Morgan fingerprint density at radius 2 is 2.16 bits per heavy atom. The van der Waals surface area contributed by atoms with Gasteiger partial charge in [0.25, 0.3) is 5.69 Å². The highest BCUT2D eigenvalue weighted by Gasteiger charge is 2.23. The molecule has 1 N–H and O–H groups in total. The summed E-state index contributed by atoms with van der Waals surface area (Å²) >= 11 is 0. The molecule has 1 aliphatic carbocycles. The lowest BCUT2D eigenvalue weighted by molar-refractivity contribution is -0.385. The summed E-state index contributed by atoms with van der Waals surface area (Å²) in [6, 6.07) is 1.47. The van der Waals surface area contributed by atoms with E-state index in [9.17, 15) is 10.1 Å². The summed E-state index contributed by atoms with van der Waals surface area (Å²) in [6.45, 7) is 2.00. The van der Waals surface area contributed by atoms with Gasteiger partial charge in [-0.05, 0) is 38.5 Å². The second kappa shape index (κ2) is 5.97. The van der Waals surface area contributed by atoms with E-state index >= 15 is 0 Å². The lowest BCUT2D eigenvalue weighted by atomic mass is 9.88. The normalized spacial score (nSPS) is 23.1. The van der Waals surface area contributed by atoms with E-state index < -0.39 is 4.92 Å². The van der Waals surface area contributed by atoms with Gasteiger partial charge in [0.05, 0.1) is 4.92 Å². The molecule has 1 aromatic heterocycles. The number of aromatic nitrogens is 1. The van der Waals surface area contributed by atoms with Gasteiger partial charge in [-0.25, -0.2) is 4.98 Å². The summed E-state index contributed by atoms with van der Waals surface area (Å²) < 4.78 is 5.80. The van der Waals surface area contributed by atoms with Crippen LogP contribution in [-0.4, -0.2) is 27.7 Å². The summed E-state index contributed by atoms with van der Waals surface area (Å²) in [7, 11) is 0. The minimum atomic E-state index is -0.462. The maximum absolute atomic E-state index is 10.6. The molecule has 1 aromatic rings. The van der Waals surface area contributed by atoms with Crippen molar-refractivity contribution in [3.05, 3.63) is 27.9 Å². The van der Waals surface area contributed by atoms with E-state index in [0.717, 1.165) is 25.7 Å². The molecule has 2 rings (SSSR count). The first-order valence-electron chi connectivity index (χ1n) is 6.48. The molecule has 1 saturated carbocycles. The average Bonchev–Trinajstić information content (AvgIpc) is 2.41. The molecule has 0 atom stereocenters. The van der Waals surface area contributed by atoms with E-state index in [1.54, 1.807) is 6.92 Å². The fraction of sp³-hybridized carbons (Fsp3) is 0.615. The molecular formula is C13H18N2O4. The Labute approximate surface area is 111 Å². The van der Waals surface area contributed by atoms with Gasteiger partial charge in [0.2, 0.25) is 5.88 Å². The second-order valence-corrected chi connectivity index (χ2v) is 5.02. The molecule has 0 bridgehead atoms. The zero-order chi connectivity index (χ0) is 13.8. The van der Waals surface area contributed by atoms with Crippen LogP contribution in [0.4, 0.5) is 5.69 Å². The SMILES string of the molecule is Cc1cc([N+](=O)[O-])cnc1OC1CCC(CO)CC1. The summed E-state index contributed by atoms with van der Waals surface area (Å²) in [5.74, 6) is 0.851. The molecule has 6 heteroatoms. The lowest BCUT2D eigenvalue weighted by Crippen LogP contribution is -2.26. The number of aliphatic hydroxyl groups excluding tert-OH is 1. The van der Waals surface area contributed by atoms with E-state index in [2.05, 4.69) is 4.98 Å². The number of hydrogen-bond donors (Lipinski definition) is 1. The van der Waals surface area contributed by atoms with Gasteiger partial charge < -0.3 is 9.84 Å². The Balaban J connectivity index is 1.98. The Morgan fingerprint density at radius 3 is 2.68 bits per heavy atom. The Morgan fingerprint density at radius 1 is 1.47 bits per heavy atom. The summed E-state index contributed by atoms with van der Waals surface area (Å²) in [4.78, 5) is 14.2. The molecule has 1 fully saturated rings. The van der Waals surface area contributed by atoms with Gasteiger partial charge in [0, 0.05) is 18.2 Å². The molecular weight excluding hydrogens is 248 g/mol. The third-order valence-electron chi connectivity index (χ3n) is 3.56. The molecule has 104 valence electrons. The van der Waals surface area contributed by atoms with Crippen LogP contribution in [0.25, 0.3) is 0 Å². The highest BCUT2D eigenvalue weighted by atomic mass is 16.6. The first-order valence-corrected chi connectivity index (χ1v) is 6.48. The van der Waals surface area contributed by atoms with Crippen LogP contribution in [0.2, 0.25) is 0 Å². The third-order valence-corrected chi connectivity index (χ3v) is 3.56. The van der Waals surface area contributed by atoms with Crippen LogP contribution in [0.15, 0.2) is 12.3 Å². The maximum Gasteiger partial charge on any atom is 0.288 e. The van der Waals surface area contributed by atoms with Gasteiger partial charge in [-0.1, -0.05) is 0 Å². The highest BCUT2D eigenvalue weighted by molar-refractivity contribution is 5.36. The molecule has 0 aromatic carbocycles. The van der Waals surface area contributed by atoms with Crippen LogP contribution in [0.3, 0.4) is 0 Å². The molecule has 0 saturated heterocycles. The minimum Gasteiger partial charge on any atom is -0.474 e. The minimum absolute atomic E-state index is 0.0196. The van der Waals surface area contributed by atoms with Crippen molar-refractivity contribution in [3.63, 3.8) is 0 Å². The van der Waals surface area contributed by atoms with Gasteiger partial charge in [-0.3, -0.25) is 10.1 Å². The topological polar surface area (TPSA) is 85.5 Å². The zero-order valence-electron chi connectivity index (χ0n) is 10.9.